The van der Waals surface area contributed by atoms with Gasteiger partial charge in [0.2, 0.25) is 5.91 Å². The molecule has 3 aliphatic rings. The van der Waals surface area contributed by atoms with Gasteiger partial charge in [0.05, 0.1) is 17.2 Å². The summed E-state index contributed by atoms with van der Waals surface area (Å²) in [4.78, 5) is 21.7. The summed E-state index contributed by atoms with van der Waals surface area (Å²) in [5.74, 6) is 0.520. The van der Waals surface area contributed by atoms with Crippen LogP contribution in [0.2, 0.25) is 5.02 Å². The lowest BCUT2D eigenvalue weighted by Crippen LogP contribution is -2.58. The van der Waals surface area contributed by atoms with Crippen molar-refractivity contribution in [2.24, 2.45) is 23.7 Å². The Balaban J connectivity index is 1.43. The second-order valence-electron chi connectivity index (χ2n) is 8.00. The maximum atomic E-state index is 13.3. The molecular weight excluding hydrogens is 368 g/mol. The normalized spacial score (nSPS) is 36.6. The third kappa shape index (κ3) is 3.42. The van der Waals surface area contributed by atoms with E-state index in [0.717, 1.165) is 25.5 Å². The fourth-order valence-corrected chi connectivity index (χ4v) is 5.09. The molecule has 4 rings (SSSR count). The highest BCUT2D eigenvalue weighted by atomic mass is 35.5. The monoisotopic (exact) mass is 394 g/mol. The van der Waals surface area contributed by atoms with Gasteiger partial charge in [-0.05, 0) is 30.5 Å². The summed E-state index contributed by atoms with van der Waals surface area (Å²) >= 11 is 5.90. The van der Waals surface area contributed by atoms with Crippen molar-refractivity contribution in [1.29, 1.82) is 0 Å². The Hall–Kier alpha value is -1.41. The average molecular weight is 395 g/mol. The second kappa shape index (κ2) is 7.54. The van der Waals surface area contributed by atoms with E-state index in [2.05, 4.69) is 15.2 Å². The highest BCUT2D eigenvalue weighted by molar-refractivity contribution is 6.30. The second-order valence-corrected chi connectivity index (χ2v) is 8.44. The number of aromatic nitrogens is 1. The lowest BCUT2D eigenvalue weighted by Gasteiger charge is -2.46. The number of nitrogens with one attached hydrogen (secondary N) is 1. The van der Waals surface area contributed by atoms with E-state index in [-0.39, 0.29) is 29.6 Å². The molecule has 2 saturated heterocycles. The maximum absolute atomic E-state index is 13.3. The molecule has 1 aliphatic carbocycles. The van der Waals surface area contributed by atoms with Crippen molar-refractivity contribution in [2.45, 2.75) is 19.1 Å². The number of carbonyl (C=O) groups is 1. The fourth-order valence-electron chi connectivity index (χ4n) is 4.98. The molecule has 2 aliphatic heterocycles. The van der Waals surface area contributed by atoms with Crippen LogP contribution in [-0.2, 0) is 4.79 Å². The molecule has 0 unspecified atom stereocenters. The van der Waals surface area contributed by atoms with Gasteiger partial charge < -0.3 is 25.3 Å². The molecule has 0 aromatic carbocycles. The van der Waals surface area contributed by atoms with Crippen LogP contribution in [0.4, 0.5) is 5.82 Å². The first-order valence-electron chi connectivity index (χ1n) is 9.69. The number of carbonyl (C=O) groups excluding carboxylic acids is 1. The first kappa shape index (κ1) is 18.9. The molecule has 1 saturated carbocycles. The maximum Gasteiger partial charge on any atom is 0.226 e. The summed E-state index contributed by atoms with van der Waals surface area (Å²) < 4.78 is 0. The van der Waals surface area contributed by atoms with E-state index in [9.17, 15) is 15.0 Å². The van der Waals surface area contributed by atoms with Crippen LogP contribution in [0, 0.1) is 23.7 Å². The van der Waals surface area contributed by atoms with Gasteiger partial charge in [0, 0.05) is 50.8 Å². The van der Waals surface area contributed by atoms with Crippen LogP contribution >= 0.6 is 11.6 Å². The highest BCUT2D eigenvalue weighted by Crippen LogP contribution is 2.42. The van der Waals surface area contributed by atoms with Crippen LogP contribution in [0.1, 0.15) is 6.92 Å². The summed E-state index contributed by atoms with van der Waals surface area (Å²) in [7, 11) is 0. The fraction of sp³-hybridized carbons (Fsp3) is 0.684. The molecule has 8 heteroatoms. The van der Waals surface area contributed by atoms with Crippen LogP contribution < -0.4 is 10.2 Å². The number of amides is 1. The van der Waals surface area contributed by atoms with Crippen LogP contribution in [0.3, 0.4) is 0 Å². The smallest absolute Gasteiger partial charge is 0.226 e. The Bertz CT molecular complexity index is 680. The number of aliphatic hydroxyl groups excluding tert-OH is 2. The number of halogens is 1. The Morgan fingerprint density at radius 2 is 1.85 bits per heavy atom. The Morgan fingerprint density at radius 3 is 2.52 bits per heavy atom. The molecule has 3 fully saturated rings. The molecule has 3 N–H and O–H groups in total. The summed E-state index contributed by atoms with van der Waals surface area (Å²) in [6, 6.07) is 3.72. The van der Waals surface area contributed by atoms with E-state index in [4.69, 9.17) is 11.6 Å². The molecule has 1 amide bonds. The molecule has 1 aromatic heterocycles. The minimum Gasteiger partial charge on any atom is -0.390 e. The van der Waals surface area contributed by atoms with Gasteiger partial charge in [-0.2, -0.15) is 0 Å². The average Bonchev–Trinajstić information content (AvgIpc) is 3.16. The summed E-state index contributed by atoms with van der Waals surface area (Å²) in [5.41, 5.74) is 0. The van der Waals surface area contributed by atoms with Crippen LogP contribution in [0.5, 0.6) is 0 Å². The molecule has 148 valence electrons. The summed E-state index contributed by atoms with van der Waals surface area (Å²) in [6.45, 7) is 5.99. The summed E-state index contributed by atoms with van der Waals surface area (Å²) in [6.07, 6.45) is 0.0365. The number of hydrogen-bond acceptors (Lipinski definition) is 6. The van der Waals surface area contributed by atoms with Gasteiger partial charge in [-0.1, -0.05) is 18.5 Å². The number of nitrogens with zero attached hydrogens (tertiary/aromatic N) is 3. The van der Waals surface area contributed by atoms with Gasteiger partial charge in [-0.15, -0.1) is 0 Å². The predicted molar refractivity (Wildman–Crippen MR) is 103 cm³/mol. The molecule has 1 aromatic rings. The molecule has 3 heterocycles. The molecule has 6 atom stereocenters. The Morgan fingerprint density at radius 1 is 1.15 bits per heavy atom. The lowest BCUT2D eigenvalue weighted by atomic mass is 9.65. The van der Waals surface area contributed by atoms with Gasteiger partial charge in [-0.25, -0.2) is 4.98 Å². The highest BCUT2D eigenvalue weighted by Gasteiger charge is 2.53. The zero-order valence-corrected chi connectivity index (χ0v) is 16.2. The first-order valence-corrected chi connectivity index (χ1v) is 10.1. The number of piperazine rings is 1. The quantitative estimate of drug-likeness (QED) is 0.664. The minimum atomic E-state index is -0.848. The lowest BCUT2D eigenvalue weighted by molar-refractivity contribution is -0.155. The molecule has 27 heavy (non-hydrogen) atoms. The molecule has 0 radical (unpaired) electrons. The van der Waals surface area contributed by atoms with Gasteiger partial charge in [0.15, 0.2) is 0 Å². The number of pyridine rings is 1. The number of aliphatic hydroxyl groups is 2. The zero-order valence-electron chi connectivity index (χ0n) is 15.5. The number of rotatable bonds is 2. The summed E-state index contributed by atoms with van der Waals surface area (Å²) in [5, 5.41) is 24.7. The van der Waals surface area contributed by atoms with E-state index in [0.29, 0.717) is 24.7 Å². The molecule has 0 bridgehead atoms. The SMILES string of the molecule is C[C@H]1[C@H](O)[C@@H](O)[C@H]2CNC[C@@H]2[C@H]1C(=O)N1CCN(c2ccc(Cl)cn2)CC1. The molecule has 7 nitrogen and oxygen atoms in total. The van der Waals surface area contributed by atoms with Gasteiger partial charge in [0.1, 0.15) is 5.82 Å². The first-order chi connectivity index (χ1) is 13.0. The van der Waals surface area contributed by atoms with E-state index in [1.807, 2.05) is 24.0 Å². The van der Waals surface area contributed by atoms with Crippen LogP contribution in [0.25, 0.3) is 0 Å². The Labute approximate surface area is 164 Å². The van der Waals surface area contributed by atoms with E-state index in [1.54, 1.807) is 6.20 Å². The molecule has 0 spiro atoms. The zero-order chi connectivity index (χ0) is 19.1. The van der Waals surface area contributed by atoms with Crippen molar-refractivity contribution >= 4 is 23.3 Å². The van der Waals surface area contributed by atoms with Gasteiger partial charge >= 0.3 is 0 Å². The third-order valence-corrected chi connectivity index (χ3v) is 6.80. The van der Waals surface area contributed by atoms with Crippen molar-refractivity contribution < 1.29 is 15.0 Å². The van der Waals surface area contributed by atoms with Crippen molar-refractivity contribution in [3.8, 4) is 0 Å². The van der Waals surface area contributed by atoms with Gasteiger partial charge in [-0.3, -0.25) is 4.79 Å². The standard InChI is InChI=1S/C19H27ClN4O3/c1-11-16(13-9-21-10-14(13)18(26)17(11)25)19(27)24-6-4-23(5-7-24)15-3-2-12(20)8-22-15/h2-3,8,11,13-14,16-18,21,25-26H,4-7,9-10H2,1H3/t11-,13+,14+,16+,17+,18+/m1/s1. The van der Waals surface area contributed by atoms with Crippen LogP contribution in [0.15, 0.2) is 18.3 Å². The minimum absolute atomic E-state index is 0.0512. The van der Waals surface area contributed by atoms with Gasteiger partial charge in [0.25, 0.3) is 0 Å². The topological polar surface area (TPSA) is 88.9 Å². The third-order valence-electron chi connectivity index (χ3n) is 6.58. The van der Waals surface area contributed by atoms with Crippen LogP contribution in [-0.4, -0.2) is 77.5 Å². The number of anilines is 1. The van der Waals surface area contributed by atoms with Crippen molar-refractivity contribution in [1.82, 2.24) is 15.2 Å². The van der Waals surface area contributed by atoms with E-state index >= 15 is 0 Å². The Kier molecular flexibility index (Phi) is 5.29. The number of hydrogen-bond donors (Lipinski definition) is 3. The van der Waals surface area contributed by atoms with E-state index < -0.39 is 12.2 Å². The van der Waals surface area contributed by atoms with E-state index in [1.165, 1.54) is 0 Å². The largest absolute Gasteiger partial charge is 0.390 e. The molecular formula is C19H27ClN4O3. The van der Waals surface area contributed by atoms with Crippen molar-refractivity contribution in [3.05, 3.63) is 23.4 Å². The number of fused-ring (bicyclic) bond motifs is 1. The predicted octanol–water partition coefficient (Wildman–Crippen LogP) is 0.207. The van der Waals surface area contributed by atoms with Crippen molar-refractivity contribution in [2.75, 3.05) is 44.2 Å². The van der Waals surface area contributed by atoms with Crippen molar-refractivity contribution in [3.63, 3.8) is 0 Å².